The number of nitrogens with zero attached hydrogens (tertiary/aromatic N) is 1. The molecule has 9 heteroatoms. The van der Waals surface area contributed by atoms with Crippen LogP contribution in [-0.2, 0) is 14.8 Å². The zero-order valence-electron chi connectivity index (χ0n) is 13.6. The quantitative estimate of drug-likeness (QED) is 0.791. The van der Waals surface area contributed by atoms with E-state index < -0.39 is 16.0 Å². The zero-order valence-corrected chi connectivity index (χ0v) is 16.0. The number of piperidine rings is 1. The number of halogens is 1. The maximum absolute atomic E-state index is 12.8. The smallest absolute Gasteiger partial charge is 0.349 e. The van der Waals surface area contributed by atoms with Crippen molar-refractivity contribution in [3.05, 3.63) is 16.3 Å². The lowest BCUT2D eigenvalue weighted by Gasteiger charge is -2.34. The largest absolute Gasteiger partial charge is 0.465 e. The number of esters is 1. The molecule has 6 nitrogen and oxygen atoms in total. The Kier molecular flexibility index (Phi) is 6.66. The molecule has 0 bridgehead atoms. The Morgan fingerprint density at radius 3 is 2.62 bits per heavy atom. The summed E-state index contributed by atoms with van der Waals surface area (Å²) < 4.78 is 31.8. The summed E-state index contributed by atoms with van der Waals surface area (Å²) in [7, 11) is -2.37. The number of hydrogen-bond donors (Lipinski definition) is 1. The van der Waals surface area contributed by atoms with Crippen molar-refractivity contribution < 1.29 is 17.9 Å². The molecule has 1 unspecified atom stereocenters. The van der Waals surface area contributed by atoms with E-state index in [0.29, 0.717) is 25.0 Å². The Bertz CT molecular complexity index is 663. The maximum atomic E-state index is 12.8. The second-order valence-electron chi connectivity index (χ2n) is 6.05. The molecule has 3 heterocycles. The molecule has 2 aliphatic heterocycles. The van der Waals surface area contributed by atoms with Gasteiger partial charge in [-0.05, 0) is 49.6 Å². The van der Waals surface area contributed by atoms with Gasteiger partial charge in [-0.25, -0.2) is 13.2 Å². The van der Waals surface area contributed by atoms with Crippen molar-refractivity contribution >= 4 is 39.7 Å². The summed E-state index contributed by atoms with van der Waals surface area (Å²) in [4.78, 5) is 12.0. The Morgan fingerprint density at radius 2 is 2.04 bits per heavy atom. The Hall–Kier alpha value is -0.670. The van der Waals surface area contributed by atoms with Gasteiger partial charge in [-0.15, -0.1) is 23.7 Å². The van der Waals surface area contributed by atoms with Crippen LogP contribution in [0.15, 0.2) is 16.3 Å². The highest BCUT2D eigenvalue weighted by molar-refractivity contribution is 7.89. The Labute approximate surface area is 153 Å². The van der Waals surface area contributed by atoms with Crippen molar-refractivity contribution in [2.24, 2.45) is 5.92 Å². The predicted molar refractivity (Wildman–Crippen MR) is 95.4 cm³/mol. The van der Waals surface area contributed by atoms with E-state index in [2.05, 4.69) is 10.1 Å². The SMILES string of the molecule is COC(=O)c1sccc1S(=O)(=O)N1CCC(C2CCCN2)CC1.Cl. The zero-order chi connectivity index (χ0) is 16.4. The second kappa shape index (κ2) is 8.14. The lowest BCUT2D eigenvalue weighted by atomic mass is 9.89. The van der Waals surface area contributed by atoms with Crippen LogP contribution in [0.1, 0.15) is 35.4 Å². The summed E-state index contributed by atoms with van der Waals surface area (Å²) in [5.41, 5.74) is 0. The molecule has 2 fully saturated rings. The van der Waals surface area contributed by atoms with Crippen LogP contribution in [-0.4, -0.2) is 51.5 Å². The fraction of sp³-hybridized carbons (Fsp3) is 0.667. The van der Waals surface area contributed by atoms with Crippen LogP contribution in [0.3, 0.4) is 0 Å². The highest BCUT2D eigenvalue weighted by atomic mass is 35.5. The Balaban J connectivity index is 0.00000208. The van der Waals surface area contributed by atoms with Crippen molar-refractivity contribution in [2.45, 2.75) is 36.6 Å². The van der Waals surface area contributed by atoms with E-state index in [-0.39, 0.29) is 22.2 Å². The van der Waals surface area contributed by atoms with Crippen LogP contribution in [0.4, 0.5) is 0 Å². The lowest BCUT2D eigenvalue weighted by Crippen LogP contribution is -2.43. The molecule has 0 spiro atoms. The van der Waals surface area contributed by atoms with Crippen molar-refractivity contribution in [2.75, 3.05) is 26.7 Å². The lowest BCUT2D eigenvalue weighted by molar-refractivity contribution is 0.0602. The number of rotatable bonds is 4. The molecule has 0 aliphatic carbocycles. The summed E-state index contributed by atoms with van der Waals surface area (Å²) in [6, 6.07) is 2.03. The molecule has 24 heavy (non-hydrogen) atoms. The number of carbonyl (C=O) groups excluding carboxylic acids is 1. The summed E-state index contributed by atoms with van der Waals surface area (Å²) in [5.74, 6) is -0.0462. The molecule has 1 aromatic heterocycles. The predicted octanol–water partition coefficient (Wildman–Crippen LogP) is 2.11. The van der Waals surface area contributed by atoms with Gasteiger partial charge in [0, 0.05) is 19.1 Å². The standard InChI is InChI=1S/C15H22N2O4S2.ClH/c1-21-15(18)14-13(6-10-22-14)23(19,20)17-8-4-11(5-9-17)12-3-2-7-16-12;/h6,10-12,16H,2-5,7-9H2,1H3;1H. The molecule has 2 aliphatic rings. The van der Waals surface area contributed by atoms with E-state index in [1.807, 2.05) is 0 Å². The number of sulfonamides is 1. The monoisotopic (exact) mass is 394 g/mol. The van der Waals surface area contributed by atoms with E-state index in [0.717, 1.165) is 30.7 Å². The first kappa shape index (κ1) is 19.7. The van der Waals surface area contributed by atoms with Gasteiger partial charge in [0.05, 0.1) is 7.11 Å². The van der Waals surface area contributed by atoms with E-state index in [1.54, 1.807) is 5.38 Å². The van der Waals surface area contributed by atoms with Gasteiger partial charge in [0.25, 0.3) is 0 Å². The summed E-state index contributed by atoms with van der Waals surface area (Å²) in [6.45, 7) is 2.10. The van der Waals surface area contributed by atoms with Crippen molar-refractivity contribution in [1.82, 2.24) is 9.62 Å². The average Bonchev–Trinajstić information content (AvgIpc) is 3.25. The molecule has 0 aromatic carbocycles. The van der Waals surface area contributed by atoms with Gasteiger partial charge >= 0.3 is 5.97 Å². The third kappa shape index (κ3) is 3.77. The minimum atomic E-state index is -3.63. The van der Waals surface area contributed by atoms with Gasteiger partial charge < -0.3 is 10.1 Å². The van der Waals surface area contributed by atoms with Crippen LogP contribution in [0, 0.1) is 5.92 Å². The first-order valence-corrected chi connectivity index (χ1v) is 10.3. The molecule has 0 amide bonds. The normalized spacial score (nSPS) is 23.0. The fourth-order valence-corrected chi connectivity index (χ4v) is 6.29. The number of thiophene rings is 1. The fourth-order valence-electron chi connectivity index (χ4n) is 3.51. The van der Waals surface area contributed by atoms with E-state index >= 15 is 0 Å². The molecule has 1 N–H and O–H groups in total. The third-order valence-corrected chi connectivity index (χ3v) is 7.75. The topological polar surface area (TPSA) is 75.7 Å². The van der Waals surface area contributed by atoms with Crippen LogP contribution in [0.25, 0.3) is 0 Å². The molecule has 1 atom stereocenters. The van der Waals surface area contributed by atoms with Crippen LogP contribution >= 0.6 is 23.7 Å². The number of ether oxygens (including phenoxy) is 1. The van der Waals surface area contributed by atoms with Crippen molar-refractivity contribution in [3.8, 4) is 0 Å². The highest BCUT2D eigenvalue weighted by Crippen LogP contribution is 2.31. The highest BCUT2D eigenvalue weighted by Gasteiger charge is 2.35. The van der Waals surface area contributed by atoms with Gasteiger partial charge in [0.15, 0.2) is 0 Å². The molecule has 136 valence electrons. The molecule has 3 rings (SSSR count). The third-order valence-electron chi connectivity index (χ3n) is 4.78. The molecule has 0 radical (unpaired) electrons. The first-order chi connectivity index (χ1) is 11.0. The van der Waals surface area contributed by atoms with Crippen LogP contribution in [0.2, 0.25) is 0 Å². The van der Waals surface area contributed by atoms with Crippen molar-refractivity contribution in [3.63, 3.8) is 0 Å². The van der Waals surface area contributed by atoms with E-state index in [9.17, 15) is 13.2 Å². The maximum Gasteiger partial charge on any atom is 0.349 e. The van der Waals surface area contributed by atoms with Crippen molar-refractivity contribution in [1.29, 1.82) is 0 Å². The number of methoxy groups -OCH3 is 1. The molecule has 0 saturated carbocycles. The van der Waals surface area contributed by atoms with E-state index in [1.165, 1.54) is 30.3 Å². The minimum absolute atomic E-state index is 0. The second-order valence-corrected chi connectivity index (χ2v) is 8.87. The molecule has 2 saturated heterocycles. The first-order valence-electron chi connectivity index (χ1n) is 7.93. The van der Waals surface area contributed by atoms with Gasteiger partial charge in [0.1, 0.15) is 9.77 Å². The van der Waals surface area contributed by atoms with Gasteiger partial charge in [-0.1, -0.05) is 0 Å². The van der Waals surface area contributed by atoms with Gasteiger partial charge in [0.2, 0.25) is 10.0 Å². The summed E-state index contributed by atoms with van der Waals surface area (Å²) in [5, 5.41) is 5.13. The molecule has 1 aromatic rings. The van der Waals surface area contributed by atoms with Gasteiger partial charge in [-0.3, -0.25) is 0 Å². The van der Waals surface area contributed by atoms with Gasteiger partial charge in [-0.2, -0.15) is 4.31 Å². The summed E-state index contributed by atoms with van der Waals surface area (Å²) in [6.07, 6.45) is 4.14. The number of nitrogens with one attached hydrogen (secondary N) is 1. The van der Waals surface area contributed by atoms with E-state index in [4.69, 9.17) is 0 Å². The number of carbonyl (C=O) groups is 1. The van der Waals surface area contributed by atoms with Crippen LogP contribution in [0.5, 0.6) is 0 Å². The Morgan fingerprint density at radius 1 is 1.33 bits per heavy atom. The number of hydrogen-bond acceptors (Lipinski definition) is 6. The summed E-state index contributed by atoms with van der Waals surface area (Å²) >= 11 is 1.10. The molecular formula is C15H23ClN2O4S2. The average molecular weight is 395 g/mol. The van der Waals surface area contributed by atoms with Crippen LogP contribution < -0.4 is 5.32 Å². The minimum Gasteiger partial charge on any atom is -0.465 e. The molecular weight excluding hydrogens is 372 g/mol.